The van der Waals surface area contributed by atoms with Gasteiger partial charge in [0.15, 0.2) is 11.0 Å². The average molecular weight is 390 g/mol. The largest absolute Gasteiger partial charge is 0.478 e. The van der Waals surface area contributed by atoms with Crippen molar-refractivity contribution in [3.8, 4) is 0 Å². The molecule has 142 valence electrons. The van der Waals surface area contributed by atoms with Gasteiger partial charge in [0.2, 0.25) is 5.91 Å². The Morgan fingerprint density at radius 1 is 1.07 bits per heavy atom. The highest BCUT2D eigenvalue weighted by atomic mass is 35.5. The zero-order valence-corrected chi connectivity index (χ0v) is 15.6. The van der Waals surface area contributed by atoms with Crippen LogP contribution in [0.5, 0.6) is 0 Å². The van der Waals surface area contributed by atoms with Gasteiger partial charge in [-0.25, -0.2) is 4.79 Å². The van der Waals surface area contributed by atoms with E-state index in [9.17, 15) is 14.7 Å². The average Bonchev–Trinajstić information content (AvgIpc) is 2.88. The summed E-state index contributed by atoms with van der Waals surface area (Å²) in [5.74, 6) is -0.517. The van der Waals surface area contributed by atoms with Crippen molar-refractivity contribution in [2.75, 3.05) is 41.3 Å². The van der Waals surface area contributed by atoms with E-state index < -0.39 is 5.97 Å². The van der Waals surface area contributed by atoms with E-state index in [-0.39, 0.29) is 11.5 Å². The van der Waals surface area contributed by atoms with Gasteiger partial charge in [0, 0.05) is 38.8 Å². The van der Waals surface area contributed by atoms with Gasteiger partial charge in [0.25, 0.3) is 0 Å². The molecule has 27 heavy (non-hydrogen) atoms. The smallest absolute Gasteiger partial charge is 0.337 e. The van der Waals surface area contributed by atoms with E-state index >= 15 is 0 Å². The molecule has 1 amide bonds. The lowest BCUT2D eigenvalue weighted by molar-refractivity contribution is -0.114. The molecule has 2 aromatic rings. The van der Waals surface area contributed by atoms with Crippen LogP contribution in [0, 0.1) is 0 Å². The van der Waals surface area contributed by atoms with E-state index in [1.54, 1.807) is 18.2 Å². The molecule has 9 heteroatoms. The third-order valence-corrected chi connectivity index (χ3v) is 4.53. The molecule has 0 saturated carbocycles. The van der Waals surface area contributed by atoms with Crippen molar-refractivity contribution in [3.05, 3.63) is 41.0 Å². The van der Waals surface area contributed by atoms with Gasteiger partial charge in [0.1, 0.15) is 0 Å². The van der Waals surface area contributed by atoms with Crippen LogP contribution >= 0.6 is 11.6 Å². The fourth-order valence-corrected chi connectivity index (χ4v) is 3.23. The highest BCUT2D eigenvalue weighted by molar-refractivity contribution is 6.29. The molecule has 1 saturated heterocycles. The molecule has 0 aliphatic carbocycles. The third kappa shape index (κ3) is 4.65. The van der Waals surface area contributed by atoms with E-state index in [2.05, 4.69) is 20.4 Å². The van der Waals surface area contributed by atoms with Crippen molar-refractivity contribution in [1.29, 1.82) is 0 Å². The van der Waals surface area contributed by atoms with Gasteiger partial charge in [-0.1, -0.05) is 11.6 Å². The summed E-state index contributed by atoms with van der Waals surface area (Å²) in [6.07, 6.45) is 0.844. The zero-order chi connectivity index (χ0) is 19.4. The van der Waals surface area contributed by atoms with Crippen molar-refractivity contribution in [2.24, 2.45) is 0 Å². The molecule has 0 radical (unpaired) electrons. The fraction of sp³-hybridized carbons (Fsp3) is 0.333. The number of aromatic nitrogens is 2. The van der Waals surface area contributed by atoms with Gasteiger partial charge < -0.3 is 20.2 Å². The number of carboxylic acid groups (broad SMARTS) is 1. The van der Waals surface area contributed by atoms with Crippen LogP contribution in [0.25, 0.3) is 0 Å². The number of amides is 1. The quantitative estimate of drug-likeness (QED) is 0.828. The van der Waals surface area contributed by atoms with Crippen LogP contribution in [-0.4, -0.2) is 53.4 Å². The maximum absolute atomic E-state index is 11.7. The number of carbonyl (C=O) groups excluding carboxylic acids is 1. The van der Waals surface area contributed by atoms with Crippen LogP contribution in [-0.2, 0) is 4.79 Å². The Bertz CT molecular complexity index is 843. The minimum atomic E-state index is -1.03. The highest BCUT2D eigenvalue weighted by Crippen LogP contribution is 2.26. The van der Waals surface area contributed by atoms with Gasteiger partial charge in [-0.15, -0.1) is 10.2 Å². The molecule has 3 rings (SSSR count). The SMILES string of the molecule is CC(=O)Nc1ccc(N2CCCN(c3ccc(Cl)nn3)CC2)c(C(=O)O)c1. The van der Waals surface area contributed by atoms with Crippen LogP contribution in [0.4, 0.5) is 17.2 Å². The topological polar surface area (TPSA) is 98.7 Å². The Balaban J connectivity index is 1.79. The monoisotopic (exact) mass is 389 g/mol. The summed E-state index contributed by atoms with van der Waals surface area (Å²) in [6.45, 7) is 4.22. The molecule has 1 aromatic carbocycles. The summed E-state index contributed by atoms with van der Waals surface area (Å²) in [5.41, 5.74) is 1.28. The first-order valence-electron chi connectivity index (χ1n) is 8.58. The van der Waals surface area contributed by atoms with E-state index in [1.807, 2.05) is 11.0 Å². The van der Waals surface area contributed by atoms with Gasteiger partial charge in [-0.05, 0) is 36.8 Å². The predicted molar refractivity (Wildman–Crippen MR) is 104 cm³/mol. The lowest BCUT2D eigenvalue weighted by Crippen LogP contribution is -2.32. The Labute approximate surface area is 161 Å². The first-order valence-corrected chi connectivity index (χ1v) is 8.96. The number of aromatic carboxylic acids is 1. The first kappa shape index (κ1) is 18.9. The molecule has 2 N–H and O–H groups in total. The number of anilines is 3. The Hall–Kier alpha value is -2.87. The number of carboxylic acids is 1. The lowest BCUT2D eigenvalue weighted by atomic mass is 10.1. The van der Waals surface area contributed by atoms with Crippen molar-refractivity contribution < 1.29 is 14.7 Å². The number of halogens is 1. The summed E-state index contributed by atoms with van der Waals surface area (Å²) >= 11 is 5.80. The number of nitrogens with one attached hydrogen (secondary N) is 1. The third-order valence-electron chi connectivity index (χ3n) is 4.33. The molecular weight excluding hydrogens is 370 g/mol. The predicted octanol–water partition coefficient (Wildman–Crippen LogP) is 2.50. The molecule has 8 nitrogen and oxygen atoms in total. The Morgan fingerprint density at radius 2 is 1.81 bits per heavy atom. The number of nitrogens with zero attached hydrogens (tertiary/aromatic N) is 4. The van der Waals surface area contributed by atoms with Gasteiger partial charge in [-0.2, -0.15) is 0 Å². The van der Waals surface area contributed by atoms with Gasteiger partial charge in [0.05, 0.1) is 11.3 Å². The van der Waals surface area contributed by atoms with Crippen LogP contribution in [0.3, 0.4) is 0 Å². The first-order chi connectivity index (χ1) is 12.9. The molecule has 1 aliphatic rings. The maximum Gasteiger partial charge on any atom is 0.337 e. The van der Waals surface area contributed by atoms with Crippen LogP contribution in [0.2, 0.25) is 5.15 Å². The molecule has 2 heterocycles. The van der Waals surface area contributed by atoms with Gasteiger partial charge >= 0.3 is 5.97 Å². The van der Waals surface area contributed by atoms with Crippen LogP contribution in [0.15, 0.2) is 30.3 Å². The van der Waals surface area contributed by atoms with E-state index in [4.69, 9.17) is 11.6 Å². The molecule has 0 bridgehead atoms. The lowest BCUT2D eigenvalue weighted by Gasteiger charge is -2.25. The van der Waals surface area contributed by atoms with Gasteiger partial charge in [-0.3, -0.25) is 4.79 Å². The second-order valence-electron chi connectivity index (χ2n) is 6.26. The number of benzene rings is 1. The van der Waals surface area contributed by atoms with E-state index in [0.717, 1.165) is 25.3 Å². The molecular formula is C18H20ClN5O3. The number of hydrogen-bond donors (Lipinski definition) is 2. The van der Waals surface area contributed by atoms with Crippen LogP contribution < -0.4 is 15.1 Å². The summed E-state index contributed by atoms with van der Waals surface area (Å²) in [7, 11) is 0. The molecule has 1 aromatic heterocycles. The van der Waals surface area contributed by atoms with E-state index in [1.165, 1.54) is 13.0 Å². The molecule has 1 fully saturated rings. The second kappa shape index (κ2) is 8.22. The maximum atomic E-state index is 11.7. The van der Waals surface area contributed by atoms with Crippen molar-refractivity contribution in [2.45, 2.75) is 13.3 Å². The highest BCUT2D eigenvalue weighted by Gasteiger charge is 2.21. The Kier molecular flexibility index (Phi) is 5.75. The molecule has 0 unspecified atom stereocenters. The van der Waals surface area contributed by atoms with Crippen molar-refractivity contribution in [1.82, 2.24) is 10.2 Å². The number of carbonyl (C=O) groups is 2. The fourth-order valence-electron chi connectivity index (χ4n) is 3.13. The summed E-state index contributed by atoms with van der Waals surface area (Å²) in [5, 5.41) is 20.6. The normalized spacial score (nSPS) is 14.6. The number of hydrogen-bond acceptors (Lipinski definition) is 6. The number of rotatable bonds is 4. The second-order valence-corrected chi connectivity index (χ2v) is 6.65. The minimum absolute atomic E-state index is 0.168. The summed E-state index contributed by atoms with van der Waals surface area (Å²) < 4.78 is 0. The minimum Gasteiger partial charge on any atom is -0.478 e. The Morgan fingerprint density at radius 3 is 2.48 bits per heavy atom. The molecule has 0 spiro atoms. The molecule has 0 atom stereocenters. The zero-order valence-electron chi connectivity index (χ0n) is 14.9. The van der Waals surface area contributed by atoms with Crippen molar-refractivity contribution >= 4 is 40.7 Å². The summed E-state index contributed by atoms with van der Waals surface area (Å²) in [4.78, 5) is 27.1. The standard InChI is InChI=1S/C18H20ClN5O3/c1-12(25)20-13-3-4-15(14(11-13)18(26)27)23-7-2-8-24(10-9-23)17-6-5-16(19)21-22-17/h3-6,11H,2,7-10H2,1H3,(H,20,25)(H,26,27). The van der Waals surface area contributed by atoms with Crippen LogP contribution in [0.1, 0.15) is 23.7 Å². The van der Waals surface area contributed by atoms with Crippen molar-refractivity contribution in [3.63, 3.8) is 0 Å². The van der Waals surface area contributed by atoms with E-state index in [0.29, 0.717) is 29.6 Å². The molecule has 1 aliphatic heterocycles. The summed E-state index contributed by atoms with van der Waals surface area (Å²) in [6, 6.07) is 8.49.